The molecule has 1 saturated heterocycles. The molecule has 1 aromatic heterocycles. The molecule has 0 bridgehead atoms. The van der Waals surface area contributed by atoms with Crippen molar-refractivity contribution < 1.29 is 14.3 Å². The van der Waals surface area contributed by atoms with Crippen LogP contribution in [0.4, 0.5) is 5.69 Å². The molecule has 2 amide bonds. The first kappa shape index (κ1) is 22.2. The second kappa shape index (κ2) is 9.70. The number of para-hydroxylation sites is 1. The lowest BCUT2D eigenvalue weighted by Gasteiger charge is -2.29. The molecule has 1 aliphatic heterocycles. The molecule has 3 aromatic carbocycles. The first-order chi connectivity index (χ1) is 17.1. The van der Waals surface area contributed by atoms with E-state index in [0.717, 1.165) is 16.7 Å². The number of hydrogen-bond donors (Lipinski definition) is 1. The van der Waals surface area contributed by atoms with E-state index in [4.69, 9.17) is 17.0 Å². The fourth-order valence-electron chi connectivity index (χ4n) is 3.66. The number of carbonyl (C=O) groups is 2. The van der Waals surface area contributed by atoms with Gasteiger partial charge in [-0.3, -0.25) is 24.8 Å². The van der Waals surface area contributed by atoms with Gasteiger partial charge >= 0.3 is 0 Å². The Balaban J connectivity index is 1.38. The van der Waals surface area contributed by atoms with Crippen LogP contribution >= 0.6 is 12.2 Å². The molecule has 5 rings (SSSR count). The van der Waals surface area contributed by atoms with Gasteiger partial charge in [-0.25, -0.2) is 0 Å². The maximum absolute atomic E-state index is 13.3. The summed E-state index contributed by atoms with van der Waals surface area (Å²) in [7, 11) is 0. The molecule has 1 aliphatic rings. The third kappa shape index (κ3) is 4.85. The molecule has 35 heavy (non-hydrogen) atoms. The molecule has 1 N–H and O–H groups in total. The van der Waals surface area contributed by atoms with Gasteiger partial charge in [0.2, 0.25) is 0 Å². The first-order valence-electron chi connectivity index (χ1n) is 10.8. The van der Waals surface area contributed by atoms with Crippen LogP contribution in [0.3, 0.4) is 0 Å². The second-order valence-electron chi connectivity index (χ2n) is 7.72. The van der Waals surface area contributed by atoms with Crippen LogP contribution in [0.15, 0.2) is 109 Å². The lowest BCUT2D eigenvalue weighted by atomic mass is 10.0. The second-order valence-corrected chi connectivity index (χ2v) is 8.11. The van der Waals surface area contributed by atoms with Crippen LogP contribution in [0, 0.1) is 0 Å². The van der Waals surface area contributed by atoms with E-state index in [1.54, 1.807) is 42.7 Å². The van der Waals surface area contributed by atoms with Crippen molar-refractivity contribution in [1.82, 2.24) is 10.3 Å². The number of anilines is 1. The summed E-state index contributed by atoms with van der Waals surface area (Å²) in [5.41, 5.74) is 3.29. The minimum atomic E-state index is -0.529. The molecule has 170 valence electrons. The zero-order chi connectivity index (χ0) is 24.2. The largest absolute Gasteiger partial charge is 0.457 e. The summed E-state index contributed by atoms with van der Waals surface area (Å²) in [6.45, 7) is 0. The average Bonchev–Trinajstić information content (AvgIpc) is 2.89. The number of aromatic nitrogens is 1. The van der Waals surface area contributed by atoms with Gasteiger partial charge in [0.1, 0.15) is 17.1 Å². The number of pyridine rings is 1. The Morgan fingerprint density at radius 2 is 1.40 bits per heavy atom. The van der Waals surface area contributed by atoms with Crippen molar-refractivity contribution >= 4 is 40.9 Å². The molecule has 0 atom stereocenters. The summed E-state index contributed by atoms with van der Waals surface area (Å²) in [6.07, 6.45) is 5.03. The molecular weight excluding hydrogens is 458 g/mol. The third-order valence-corrected chi connectivity index (χ3v) is 5.70. The number of benzene rings is 3. The van der Waals surface area contributed by atoms with Gasteiger partial charge in [-0.15, -0.1) is 0 Å². The molecule has 0 saturated carbocycles. The summed E-state index contributed by atoms with van der Waals surface area (Å²) < 4.78 is 5.81. The summed E-state index contributed by atoms with van der Waals surface area (Å²) >= 11 is 5.30. The Labute approximate surface area is 207 Å². The molecule has 0 spiro atoms. The highest BCUT2D eigenvalue weighted by Gasteiger charge is 2.34. The van der Waals surface area contributed by atoms with Crippen LogP contribution in [-0.4, -0.2) is 21.9 Å². The van der Waals surface area contributed by atoms with Crippen molar-refractivity contribution in [2.75, 3.05) is 4.90 Å². The highest BCUT2D eigenvalue weighted by molar-refractivity contribution is 7.80. The minimum absolute atomic E-state index is 0.000117. The summed E-state index contributed by atoms with van der Waals surface area (Å²) in [4.78, 5) is 31.2. The van der Waals surface area contributed by atoms with Crippen LogP contribution in [0.25, 0.3) is 17.2 Å². The number of hydrogen-bond acceptors (Lipinski definition) is 5. The molecule has 1 fully saturated rings. The van der Waals surface area contributed by atoms with E-state index >= 15 is 0 Å². The monoisotopic (exact) mass is 477 g/mol. The number of nitrogens with one attached hydrogen (secondary N) is 1. The van der Waals surface area contributed by atoms with E-state index in [9.17, 15) is 9.59 Å². The lowest BCUT2D eigenvalue weighted by Crippen LogP contribution is -2.54. The molecule has 6 nitrogen and oxygen atoms in total. The van der Waals surface area contributed by atoms with Gasteiger partial charge in [0.15, 0.2) is 5.11 Å². The molecule has 4 aromatic rings. The molecule has 0 unspecified atom stereocenters. The smallest absolute Gasteiger partial charge is 0.270 e. The summed E-state index contributed by atoms with van der Waals surface area (Å²) in [5, 5.41) is 2.64. The van der Waals surface area contributed by atoms with Crippen molar-refractivity contribution in [2.45, 2.75) is 0 Å². The Kier molecular flexibility index (Phi) is 6.15. The minimum Gasteiger partial charge on any atom is -0.457 e. The van der Waals surface area contributed by atoms with E-state index in [2.05, 4.69) is 10.3 Å². The molecule has 0 radical (unpaired) electrons. The highest BCUT2D eigenvalue weighted by Crippen LogP contribution is 2.27. The average molecular weight is 478 g/mol. The zero-order valence-electron chi connectivity index (χ0n) is 18.4. The van der Waals surface area contributed by atoms with E-state index in [1.807, 2.05) is 66.7 Å². The zero-order valence-corrected chi connectivity index (χ0v) is 19.2. The molecular formula is C28H19N3O3S. The van der Waals surface area contributed by atoms with E-state index in [1.165, 1.54) is 4.90 Å². The Hall–Kier alpha value is -4.62. The third-order valence-electron chi connectivity index (χ3n) is 5.41. The highest BCUT2D eigenvalue weighted by atomic mass is 32.1. The van der Waals surface area contributed by atoms with Gasteiger partial charge in [-0.05, 0) is 83.5 Å². The standard InChI is InChI=1S/C28H19N3O3S/c32-26-25(18-19-6-8-20(9-7-19)21-14-16-29-17-15-21)27(33)31(28(35)30-26)22-10-12-24(13-11-22)34-23-4-2-1-3-5-23/h1-18H,(H,30,32,35). The van der Waals surface area contributed by atoms with E-state index < -0.39 is 11.8 Å². The van der Waals surface area contributed by atoms with Crippen LogP contribution in [0.2, 0.25) is 0 Å². The van der Waals surface area contributed by atoms with Gasteiger partial charge in [0.25, 0.3) is 11.8 Å². The summed E-state index contributed by atoms with van der Waals surface area (Å²) in [6, 6.07) is 27.7. The van der Waals surface area contributed by atoms with Crippen LogP contribution in [-0.2, 0) is 9.59 Å². The first-order valence-corrected chi connectivity index (χ1v) is 11.2. The van der Waals surface area contributed by atoms with Crippen molar-refractivity contribution in [2.24, 2.45) is 0 Å². The van der Waals surface area contributed by atoms with Crippen molar-refractivity contribution in [3.05, 3.63) is 115 Å². The Morgan fingerprint density at radius 1 is 0.771 bits per heavy atom. The van der Waals surface area contributed by atoms with Crippen molar-refractivity contribution in [1.29, 1.82) is 0 Å². The van der Waals surface area contributed by atoms with Crippen molar-refractivity contribution in [3.8, 4) is 22.6 Å². The van der Waals surface area contributed by atoms with Crippen LogP contribution in [0.5, 0.6) is 11.5 Å². The maximum atomic E-state index is 13.3. The van der Waals surface area contributed by atoms with Gasteiger partial charge in [-0.2, -0.15) is 0 Å². The topological polar surface area (TPSA) is 71.5 Å². The molecule has 7 heteroatoms. The quantitative estimate of drug-likeness (QED) is 0.238. The molecule has 0 aliphatic carbocycles. The van der Waals surface area contributed by atoms with Crippen molar-refractivity contribution in [3.63, 3.8) is 0 Å². The molecule has 2 heterocycles. The Morgan fingerprint density at radius 3 is 2.09 bits per heavy atom. The van der Waals surface area contributed by atoms with Gasteiger partial charge < -0.3 is 4.74 Å². The summed E-state index contributed by atoms with van der Waals surface area (Å²) in [5.74, 6) is 0.300. The van der Waals surface area contributed by atoms with Crippen LogP contribution in [0.1, 0.15) is 5.56 Å². The normalized spacial score (nSPS) is 14.7. The number of ether oxygens (including phenoxy) is 1. The lowest BCUT2D eigenvalue weighted by molar-refractivity contribution is -0.122. The number of amides is 2. The van der Waals surface area contributed by atoms with Crippen LogP contribution < -0.4 is 15.0 Å². The number of rotatable bonds is 5. The van der Waals surface area contributed by atoms with E-state index in [0.29, 0.717) is 17.2 Å². The van der Waals surface area contributed by atoms with Gasteiger partial charge in [0, 0.05) is 12.4 Å². The van der Waals surface area contributed by atoms with E-state index in [-0.39, 0.29) is 10.7 Å². The van der Waals surface area contributed by atoms with Gasteiger partial charge in [0.05, 0.1) is 5.69 Å². The fourth-order valence-corrected chi connectivity index (χ4v) is 3.94. The fraction of sp³-hybridized carbons (Fsp3) is 0. The maximum Gasteiger partial charge on any atom is 0.270 e. The number of carbonyl (C=O) groups excluding carboxylic acids is 2. The Bertz CT molecular complexity index is 1420. The predicted octanol–water partition coefficient (Wildman–Crippen LogP) is 5.37. The SMILES string of the molecule is O=C1NC(=S)N(c2ccc(Oc3ccccc3)cc2)C(=O)C1=Cc1ccc(-c2ccncc2)cc1. The number of thiocarbonyl (C=S) groups is 1. The van der Waals surface area contributed by atoms with Gasteiger partial charge in [-0.1, -0.05) is 42.5 Å². The number of nitrogens with zero attached hydrogens (tertiary/aromatic N) is 2. The predicted molar refractivity (Wildman–Crippen MR) is 139 cm³/mol.